The van der Waals surface area contributed by atoms with Gasteiger partial charge in [0.25, 0.3) is 0 Å². The number of hydrogen-bond donors (Lipinski definition) is 0. The molecule has 0 heterocycles. The van der Waals surface area contributed by atoms with E-state index >= 15 is 0 Å². The Hall–Kier alpha value is 0.650. The van der Waals surface area contributed by atoms with Crippen molar-refractivity contribution in [3.8, 4) is 0 Å². The number of alkyl halides is 1. The van der Waals surface area contributed by atoms with Gasteiger partial charge < -0.3 is 0 Å². The van der Waals surface area contributed by atoms with Gasteiger partial charge in [-0.2, -0.15) is 0 Å². The SMILES string of the molecule is CC(CI)(C(=O)Cl)C(=O)Cl. The third-order valence-electron chi connectivity index (χ3n) is 1.13. The first kappa shape index (κ1) is 10.7. The maximum Gasteiger partial charge on any atom is 0.237 e. The summed E-state index contributed by atoms with van der Waals surface area (Å²) in [5, 5.41) is -1.41. The van der Waals surface area contributed by atoms with Gasteiger partial charge >= 0.3 is 0 Å². The van der Waals surface area contributed by atoms with Gasteiger partial charge in [-0.05, 0) is 30.1 Å². The maximum absolute atomic E-state index is 10.6. The molecule has 0 spiro atoms. The molecule has 0 aliphatic rings. The van der Waals surface area contributed by atoms with Crippen LogP contribution in [-0.2, 0) is 9.59 Å². The Kier molecular flexibility index (Phi) is 4.13. The number of rotatable bonds is 3. The topological polar surface area (TPSA) is 34.1 Å². The molecule has 0 aliphatic carbocycles. The fraction of sp³-hybridized carbons (Fsp3) is 0.600. The van der Waals surface area contributed by atoms with Crippen LogP contribution >= 0.6 is 45.8 Å². The summed E-state index contributed by atoms with van der Waals surface area (Å²) in [6.45, 7) is 1.42. The molecule has 10 heavy (non-hydrogen) atoms. The van der Waals surface area contributed by atoms with E-state index in [1.807, 2.05) is 22.6 Å². The first-order valence-corrected chi connectivity index (χ1v) is 4.69. The van der Waals surface area contributed by atoms with Crippen LogP contribution < -0.4 is 0 Å². The zero-order valence-corrected chi connectivity index (χ0v) is 8.83. The van der Waals surface area contributed by atoms with Crippen molar-refractivity contribution in [3.05, 3.63) is 0 Å². The van der Waals surface area contributed by atoms with Gasteiger partial charge in [0.2, 0.25) is 10.5 Å². The summed E-state index contributed by atoms with van der Waals surface area (Å²) in [6.07, 6.45) is 0. The van der Waals surface area contributed by atoms with Crippen molar-refractivity contribution in [1.82, 2.24) is 0 Å². The maximum atomic E-state index is 10.6. The summed E-state index contributed by atoms with van der Waals surface area (Å²) in [5.41, 5.74) is -1.22. The zero-order chi connectivity index (χ0) is 8.36. The highest BCUT2D eigenvalue weighted by molar-refractivity contribution is 14.1. The van der Waals surface area contributed by atoms with Crippen molar-refractivity contribution >= 4 is 56.3 Å². The van der Waals surface area contributed by atoms with Gasteiger partial charge in [0, 0.05) is 4.43 Å². The van der Waals surface area contributed by atoms with Gasteiger partial charge in [-0.15, -0.1) is 0 Å². The van der Waals surface area contributed by atoms with E-state index in [1.54, 1.807) is 0 Å². The van der Waals surface area contributed by atoms with E-state index in [4.69, 9.17) is 23.2 Å². The molecule has 0 aromatic rings. The minimum Gasteiger partial charge on any atom is -0.280 e. The molecule has 2 nitrogen and oxygen atoms in total. The second kappa shape index (κ2) is 3.88. The molecule has 0 fully saturated rings. The summed E-state index contributed by atoms with van der Waals surface area (Å²) in [7, 11) is 0. The minimum absolute atomic E-state index is 0.301. The molecule has 58 valence electrons. The van der Waals surface area contributed by atoms with Crippen LogP contribution in [0.1, 0.15) is 6.92 Å². The molecule has 0 saturated heterocycles. The van der Waals surface area contributed by atoms with Gasteiger partial charge in [-0.1, -0.05) is 22.6 Å². The van der Waals surface area contributed by atoms with Crippen LogP contribution in [0.4, 0.5) is 0 Å². The summed E-state index contributed by atoms with van der Waals surface area (Å²) in [4.78, 5) is 21.2. The molecule has 0 aliphatic heterocycles. The van der Waals surface area contributed by atoms with Gasteiger partial charge in [0.15, 0.2) is 0 Å². The summed E-state index contributed by atoms with van der Waals surface area (Å²) in [5.74, 6) is 0. The molecule has 0 N–H and O–H groups in total. The molecule has 0 atom stereocenters. The Morgan fingerprint density at radius 1 is 1.40 bits per heavy atom. The highest BCUT2D eigenvalue weighted by Gasteiger charge is 2.37. The largest absolute Gasteiger partial charge is 0.280 e. The Labute approximate surface area is 82.4 Å². The van der Waals surface area contributed by atoms with E-state index in [-0.39, 0.29) is 0 Å². The Morgan fingerprint density at radius 3 is 1.70 bits per heavy atom. The molecule has 0 saturated carbocycles. The normalized spacial score (nSPS) is 11.2. The van der Waals surface area contributed by atoms with Crippen molar-refractivity contribution in [2.45, 2.75) is 6.92 Å². The number of carbonyl (C=O) groups is 2. The predicted octanol–water partition coefficient (Wildman–Crippen LogP) is 1.96. The lowest BCUT2D eigenvalue weighted by Gasteiger charge is -2.15. The zero-order valence-electron chi connectivity index (χ0n) is 5.16. The van der Waals surface area contributed by atoms with Crippen LogP contribution in [0.3, 0.4) is 0 Å². The fourth-order valence-corrected chi connectivity index (χ4v) is 1.68. The lowest BCUT2D eigenvalue weighted by Crippen LogP contribution is -2.32. The van der Waals surface area contributed by atoms with Crippen molar-refractivity contribution in [2.24, 2.45) is 5.41 Å². The van der Waals surface area contributed by atoms with E-state index < -0.39 is 15.9 Å². The monoisotopic (exact) mass is 294 g/mol. The van der Waals surface area contributed by atoms with Gasteiger partial charge in [-0.25, -0.2) is 0 Å². The van der Waals surface area contributed by atoms with Gasteiger partial charge in [-0.3, -0.25) is 9.59 Å². The van der Waals surface area contributed by atoms with E-state index in [2.05, 4.69) is 0 Å². The quantitative estimate of drug-likeness (QED) is 0.345. The first-order valence-electron chi connectivity index (χ1n) is 2.41. The molecule has 0 rings (SSSR count). The molecule has 0 bridgehead atoms. The van der Waals surface area contributed by atoms with Crippen LogP contribution in [0, 0.1) is 5.41 Å². The third-order valence-corrected chi connectivity index (χ3v) is 3.49. The van der Waals surface area contributed by atoms with Crippen LogP contribution in [0.25, 0.3) is 0 Å². The highest BCUT2D eigenvalue weighted by atomic mass is 127. The van der Waals surface area contributed by atoms with E-state index in [0.717, 1.165) is 0 Å². The fourth-order valence-electron chi connectivity index (χ4n) is 0.182. The van der Waals surface area contributed by atoms with Gasteiger partial charge in [0.1, 0.15) is 5.41 Å². The molecular formula is C5H5Cl2IO2. The molecule has 0 unspecified atom stereocenters. The van der Waals surface area contributed by atoms with Crippen molar-refractivity contribution in [2.75, 3.05) is 4.43 Å². The minimum atomic E-state index is -1.22. The Balaban J connectivity index is 4.55. The number of halogens is 3. The molecule has 0 radical (unpaired) electrons. The van der Waals surface area contributed by atoms with E-state index in [9.17, 15) is 9.59 Å². The van der Waals surface area contributed by atoms with Crippen LogP contribution in [-0.4, -0.2) is 14.9 Å². The van der Waals surface area contributed by atoms with Crippen molar-refractivity contribution in [1.29, 1.82) is 0 Å². The third kappa shape index (κ3) is 2.07. The molecule has 0 aromatic heterocycles. The second-order valence-electron chi connectivity index (χ2n) is 2.01. The van der Waals surface area contributed by atoms with Gasteiger partial charge in [0.05, 0.1) is 0 Å². The smallest absolute Gasteiger partial charge is 0.237 e. The van der Waals surface area contributed by atoms with E-state index in [0.29, 0.717) is 4.43 Å². The van der Waals surface area contributed by atoms with Crippen molar-refractivity contribution in [3.63, 3.8) is 0 Å². The van der Waals surface area contributed by atoms with Crippen molar-refractivity contribution < 1.29 is 9.59 Å². The number of carbonyl (C=O) groups excluding carboxylic acids is 2. The average Bonchev–Trinajstić information content (AvgIpc) is 1.85. The van der Waals surface area contributed by atoms with Crippen LogP contribution in [0.2, 0.25) is 0 Å². The van der Waals surface area contributed by atoms with Crippen LogP contribution in [0.5, 0.6) is 0 Å². The first-order chi connectivity index (χ1) is 4.45. The molecular weight excluding hydrogens is 290 g/mol. The van der Waals surface area contributed by atoms with Crippen LogP contribution in [0.15, 0.2) is 0 Å². The molecule has 0 amide bonds. The molecule has 5 heteroatoms. The lowest BCUT2D eigenvalue weighted by molar-refractivity contribution is -0.128. The lowest BCUT2D eigenvalue weighted by atomic mass is 9.98. The standard InChI is InChI=1S/C5H5Cl2IO2/c1-5(2-8,3(6)9)4(7)10/h2H2,1H3. The molecule has 0 aromatic carbocycles. The highest BCUT2D eigenvalue weighted by Crippen LogP contribution is 2.25. The number of hydrogen-bond acceptors (Lipinski definition) is 2. The predicted molar refractivity (Wildman–Crippen MR) is 48.7 cm³/mol. The summed E-state index contributed by atoms with van der Waals surface area (Å²) in [6, 6.07) is 0. The van der Waals surface area contributed by atoms with E-state index in [1.165, 1.54) is 6.92 Å². The Bertz CT molecular complexity index is 155. The summed E-state index contributed by atoms with van der Waals surface area (Å²) < 4.78 is 0.301. The summed E-state index contributed by atoms with van der Waals surface area (Å²) >= 11 is 12.1. The Morgan fingerprint density at radius 2 is 1.70 bits per heavy atom. The second-order valence-corrected chi connectivity index (χ2v) is 3.46. The average molecular weight is 295 g/mol.